The molecule has 9 N–H and O–H groups in total. The van der Waals surface area contributed by atoms with Gasteiger partial charge in [0.15, 0.2) is 5.96 Å². The second-order valence-corrected chi connectivity index (χ2v) is 12.5. The third-order valence-corrected chi connectivity index (χ3v) is 8.13. The topological polar surface area (TPSA) is 171 Å². The van der Waals surface area contributed by atoms with E-state index in [-0.39, 0.29) is 41.3 Å². The SMILES string of the molecule is C[C@H](N)CCCc1cc(SC(F)(F)F)cc(-c2cc3cn(-c4ccc([C@H](CCCO)NCCCNC(=N)N)cc4)c(=O)nc3[nH]2)c1. The summed E-state index contributed by atoms with van der Waals surface area (Å²) in [4.78, 5) is 20.5. The van der Waals surface area contributed by atoms with Crippen molar-refractivity contribution in [2.24, 2.45) is 11.5 Å². The largest absolute Gasteiger partial charge is 0.446 e. The third kappa shape index (κ3) is 10.3. The lowest BCUT2D eigenvalue weighted by molar-refractivity contribution is -0.0328. The standard InChI is InChI=1S/C32H41F3N8O2S/c1-20(36)5-2-6-21-15-23(17-26(16-21)46-32(33,34)35)28-18-24-19-43(31(45)42-29(24)41-28)25-10-8-22(9-11-25)27(7-3-14-44)39-12-4-13-40-30(37)38/h8-11,15-20,27,39,44H,2-7,12-14,36H2,1H3,(H4,37,38,40)(H,41,42,45)/t20-,27-/m0/s1. The number of nitrogens with zero attached hydrogens (tertiary/aromatic N) is 2. The zero-order valence-electron chi connectivity index (χ0n) is 25.7. The highest BCUT2D eigenvalue weighted by molar-refractivity contribution is 8.00. The summed E-state index contributed by atoms with van der Waals surface area (Å²) >= 11 is -0.153. The minimum absolute atomic E-state index is 0.00708. The van der Waals surface area contributed by atoms with Crippen molar-refractivity contribution in [2.45, 2.75) is 67.9 Å². The van der Waals surface area contributed by atoms with Crippen molar-refractivity contribution in [1.29, 1.82) is 5.41 Å². The van der Waals surface area contributed by atoms with Crippen molar-refractivity contribution >= 4 is 28.8 Å². The van der Waals surface area contributed by atoms with Gasteiger partial charge in [0.1, 0.15) is 5.65 Å². The zero-order chi connectivity index (χ0) is 33.3. The van der Waals surface area contributed by atoms with Gasteiger partial charge in [-0.1, -0.05) is 12.1 Å². The van der Waals surface area contributed by atoms with Crippen LogP contribution < -0.4 is 27.8 Å². The van der Waals surface area contributed by atoms with Gasteiger partial charge in [-0.05, 0) is 117 Å². The Balaban J connectivity index is 1.57. The molecule has 0 aliphatic carbocycles. The fourth-order valence-electron chi connectivity index (χ4n) is 5.25. The van der Waals surface area contributed by atoms with Crippen LogP contribution in [0.15, 0.2) is 64.4 Å². The number of aliphatic hydroxyl groups is 1. The Morgan fingerprint density at radius 3 is 2.54 bits per heavy atom. The monoisotopic (exact) mass is 658 g/mol. The van der Waals surface area contributed by atoms with E-state index in [1.54, 1.807) is 18.3 Å². The Bertz CT molecular complexity index is 1650. The van der Waals surface area contributed by atoms with E-state index in [9.17, 15) is 23.1 Å². The predicted molar refractivity (Wildman–Crippen MR) is 177 cm³/mol. The lowest BCUT2D eigenvalue weighted by Crippen LogP contribution is -2.33. The number of hydrogen-bond donors (Lipinski definition) is 7. The number of thioether (sulfide) groups is 1. The molecular formula is C32H41F3N8O2S. The van der Waals surface area contributed by atoms with Crippen LogP contribution in [-0.4, -0.2) is 56.8 Å². The van der Waals surface area contributed by atoms with Crippen molar-refractivity contribution in [2.75, 3.05) is 19.7 Å². The summed E-state index contributed by atoms with van der Waals surface area (Å²) in [6, 6.07) is 14.2. The van der Waals surface area contributed by atoms with Crippen LogP contribution in [0.2, 0.25) is 0 Å². The number of aromatic amines is 1. The van der Waals surface area contributed by atoms with E-state index in [1.807, 2.05) is 37.3 Å². The van der Waals surface area contributed by atoms with Gasteiger partial charge in [-0.25, -0.2) is 4.79 Å². The van der Waals surface area contributed by atoms with E-state index < -0.39 is 11.2 Å². The van der Waals surface area contributed by atoms with Gasteiger partial charge in [0.05, 0.1) is 5.69 Å². The Labute approximate surface area is 269 Å². The van der Waals surface area contributed by atoms with Crippen LogP contribution in [-0.2, 0) is 6.42 Å². The number of aromatic nitrogens is 3. The maximum absolute atomic E-state index is 13.3. The van der Waals surface area contributed by atoms with Crippen molar-refractivity contribution in [3.63, 3.8) is 0 Å². The summed E-state index contributed by atoms with van der Waals surface area (Å²) < 4.78 is 41.3. The molecule has 2 atom stereocenters. The molecule has 4 aromatic rings. The second kappa shape index (κ2) is 16.1. The first-order chi connectivity index (χ1) is 21.9. The molecule has 0 aliphatic heterocycles. The van der Waals surface area contributed by atoms with Crippen LogP contribution in [0.3, 0.4) is 0 Å². The molecule has 46 heavy (non-hydrogen) atoms. The molecule has 0 amide bonds. The van der Waals surface area contributed by atoms with Crippen molar-refractivity contribution in [3.8, 4) is 16.9 Å². The summed E-state index contributed by atoms with van der Waals surface area (Å²) in [5.74, 6) is -0.0710. The molecule has 0 saturated heterocycles. The number of aliphatic hydroxyl groups excluding tert-OH is 1. The highest BCUT2D eigenvalue weighted by Crippen LogP contribution is 2.39. The Morgan fingerprint density at radius 1 is 1.11 bits per heavy atom. The lowest BCUT2D eigenvalue weighted by atomic mass is 10.0. The average Bonchev–Trinajstić information content (AvgIpc) is 3.40. The van der Waals surface area contributed by atoms with E-state index in [2.05, 4.69) is 20.6 Å². The Morgan fingerprint density at radius 2 is 1.87 bits per heavy atom. The third-order valence-electron chi connectivity index (χ3n) is 7.43. The number of fused-ring (bicyclic) bond motifs is 1. The predicted octanol–water partition coefficient (Wildman–Crippen LogP) is 4.94. The zero-order valence-corrected chi connectivity index (χ0v) is 26.5. The summed E-state index contributed by atoms with van der Waals surface area (Å²) in [6.07, 6.45) is 5.86. The summed E-state index contributed by atoms with van der Waals surface area (Å²) in [5, 5.41) is 23.5. The van der Waals surface area contributed by atoms with Gasteiger partial charge in [-0.15, -0.1) is 0 Å². The highest BCUT2D eigenvalue weighted by atomic mass is 32.2. The quantitative estimate of drug-likeness (QED) is 0.0384. The summed E-state index contributed by atoms with van der Waals surface area (Å²) in [6.45, 7) is 3.22. The van der Waals surface area contributed by atoms with Crippen LogP contribution >= 0.6 is 11.8 Å². The molecule has 0 radical (unpaired) electrons. The van der Waals surface area contributed by atoms with Gasteiger partial charge in [0, 0.05) is 47.4 Å². The molecular weight excluding hydrogens is 617 g/mol. The van der Waals surface area contributed by atoms with E-state index in [0.717, 1.165) is 30.4 Å². The second-order valence-electron chi connectivity index (χ2n) is 11.3. The van der Waals surface area contributed by atoms with Crippen molar-refractivity contribution in [1.82, 2.24) is 25.2 Å². The first kappa shape index (κ1) is 35.0. The molecule has 0 spiro atoms. The van der Waals surface area contributed by atoms with Crippen molar-refractivity contribution in [3.05, 3.63) is 76.3 Å². The van der Waals surface area contributed by atoms with E-state index in [1.165, 1.54) is 10.6 Å². The lowest BCUT2D eigenvalue weighted by Gasteiger charge is -2.19. The molecule has 2 aromatic heterocycles. The van der Waals surface area contributed by atoms with Gasteiger partial charge < -0.3 is 32.2 Å². The molecule has 0 unspecified atom stereocenters. The number of rotatable bonds is 16. The van der Waals surface area contributed by atoms with Crippen LogP contribution in [0.25, 0.3) is 28.0 Å². The van der Waals surface area contributed by atoms with E-state index >= 15 is 0 Å². The molecule has 14 heteroatoms. The van der Waals surface area contributed by atoms with Crippen LogP contribution in [0.1, 0.15) is 56.2 Å². The summed E-state index contributed by atoms with van der Waals surface area (Å²) in [7, 11) is 0. The fourth-order valence-corrected chi connectivity index (χ4v) is 5.92. The maximum atomic E-state index is 13.3. The molecule has 0 aliphatic rings. The molecule has 0 fully saturated rings. The number of H-pyrrole nitrogens is 1. The minimum Gasteiger partial charge on any atom is -0.396 e. The van der Waals surface area contributed by atoms with E-state index in [4.69, 9.17) is 16.9 Å². The number of guanidine groups is 1. The number of nitrogens with one attached hydrogen (secondary N) is 4. The first-order valence-electron chi connectivity index (χ1n) is 15.2. The van der Waals surface area contributed by atoms with Gasteiger partial charge in [-0.2, -0.15) is 18.2 Å². The number of aryl methyl sites for hydroxylation is 1. The molecule has 2 heterocycles. The van der Waals surface area contributed by atoms with E-state index in [0.29, 0.717) is 60.3 Å². The van der Waals surface area contributed by atoms with Crippen LogP contribution in [0.5, 0.6) is 0 Å². The molecule has 10 nitrogen and oxygen atoms in total. The molecule has 0 saturated carbocycles. The minimum atomic E-state index is -4.43. The summed E-state index contributed by atoms with van der Waals surface area (Å²) in [5.41, 5.74) is 10.1. The molecule has 2 aromatic carbocycles. The van der Waals surface area contributed by atoms with Crippen LogP contribution in [0.4, 0.5) is 13.2 Å². The molecule has 248 valence electrons. The molecule has 4 rings (SSSR count). The number of benzene rings is 2. The fraction of sp³-hybridized carbons (Fsp3) is 0.406. The number of alkyl halides is 3. The van der Waals surface area contributed by atoms with Gasteiger partial charge >= 0.3 is 11.2 Å². The Hall–Kier alpha value is -3.85. The number of nitrogens with two attached hydrogens (primary N) is 2. The first-order valence-corrected chi connectivity index (χ1v) is 16.0. The normalized spacial score (nSPS) is 13.2. The van der Waals surface area contributed by atoms with Gasteiger partial charge in [0.25, 0.3) is 0 Å². The molecule has 0 bridgehead atoms. The number of halogens is 3. The van der Waals surface area contributed by atoms with Gasteiger partial charge in [-0.3, -0.25) is 9.98 Å². The smallest absolute Gasteiger partial charge is 0.396 e. The highest BCUT2D eigenvalue weighted by Gasteiger charge is 2.29. The van der Waals surface area contributed by atoms with Crippen LogP contribution in [0, 0.1) is 5.41 Å². The average molecular weight is 659 g/mol. The van der Waals surface area contributed by atoms with Crippen molar-refractivity contribution < 1.29 is 18.3 Å². The number of hydrogen-bond acceptors (Lipinski definition) is 7. The Kier molecular flexibility index (Phi) is 12.3. The maximum Gasteiger partial charge on any atom is 0.446 e. The van der Waals surface area contributed by atoms with Gasteiger partial charge in [0.2, 0.25) is 0 Å².